The summed E-state index contributed by atoms with van der Waals surface area (Å²) in [7, 11) is 0. The lowest BCUT2D eigenvalue weighted by atomic mass is 10.0. The topological polar surface area (TPSA) is 51.8 Å². The molecule has 0 unspecified atom stereocenters. The van der Waals surface area contributed by atoms with Gasteiger partial charge in [-0.3, -0.25) is 9.97 Å². The molecule has 2 N–H and O–H groups in total. The van der Waals surface area contributed by atoms with Crippen LogP contribution in [-0.4, -0.2) is 9.97 Å². The Morgan fingerprint density at radius 1 is 1.00 bits per heavy atom. The van der Waals surface area contributed by atoms with E-state index in [4.69, 9.17) is 5.73 Å². The number of hydrogen-bond acceptors (Lipinski definition) is 3. The molecule has 0 aliphatic rings. The minimum Gasteiger partial charge on any atom is -0.399 e. The van der Waals surface area contributed by atoms with E-state index in [1.54, 1.807) is 12.3 Å². The van der Waals surface area contributed by atoms with Gasteiger partial charge in [-0.05, 0) is 30.7 Å². The van der Waals surface area contributed by atoms with Gasteiger partial charge in [-0.1, -0.05) is 18.2 Å². The van der Waals surface area contributed by atoms with Gasteiger partial charge in [-0.15, -0.1) is 0 Å². The number of nitrogens with zero attached hydrogens (tertiary/aromatic N) is 2. The molecule has 0 radical (unpaired) electrons. The van der Waals surface area contributed by atoms with E-state index in [0.29, 0.717) is 0 Å². The average molecular weight is 235 g/mol. The summed E-state index contributed by atoms with van der Waals surface area (Å²) in [6.45, 7) is 2.06. The normalized spacial score (nSPS) is 10.7. The van der Waals surface area contributed by atoms with Gasteiger partial charge in [0.05, 0.1) is 11.2 Å². The van der Waals surface area contributed by atoms with Crippen molar-refractivity contribution in [2.75, 3.05) is 5.73 Å². The molecule has 3 aromatic rings. The van der Waals surface area contributed by atoms with Gasteiger partial charge in [0.1, 0.15) is 0 Å². The maximum atomic E-state index is 5.81. The smallest absolute Gasteiger partial charge is 0.0737 e. The Hall–Kier alpha value is -2.42. The Bertz CT molecular complexity index is 720. The highest BCUT2D eigenvalue weighted by atomic mass is 14.7. The van der Waals surface area contributed by atoms with Crippen molar-refractivity contribution >= 4 is 16.6 Å². The number of fused-ring (bicyclic) bond motifs is 1. The third kappa shape index (κ3) is 1.70. The van der Waals surface area contributed by atoms with Crippen molar-refractivity contribution in [1.29, 1.82) is 0 Å². The fourth-order valence-electron chi connectivity index (χ4n) is 2.13. The molecule has 18 heavy (non-hydrogen) atoms. The largest absolute Gasteiger partial charge is 0.399 e. The molecule has 2 heterocycles. The van der Waals surface area contributed by atoms with Crippen LogP contribution in [0, 0.1) is 6.92 Å². The highest BCUT2D eigenvalue weighted by Gasteiger charge is 2.07. The summed E-state index contributed by atoms with van der Waals surface area (Å²) in [5.41, 5.74) is 10.7. The second-order valence-electron chi connectivity index (χ2n) is 4.30. The molecule has 3 rings (SSSR count). The van der Waals surface area contributed by atoms with Gasteiger partial charge in [0.2, 0.25) is 0 Å². The van der Waals surface area contributed by atoms with E-state index >= 15 is 0 Å². The molecule has 0 spiro atoms. The van der Waals surface area contributed by atoms with Crippen molar-refractivity contribution in [3.05, 3.63) is 54.4 Å². The molecule has 0 amide bonds. The zero-order valence-electron chi connectivity index (χ0n) is 10.1. The minimum absolute atomic E-state index is 0.720. The summed E-state index contributed by atoms with van der Waals surface area (Å²) in [5.74, 6) is 0. The third-order valence-electron chi connectivity index (χ3n) is 3.03. The number of nitrogens with two attached hydrogens (primary N) is 1. The second kappa shape index (κ2) is 4.11. The van der Waals surface area contributed by atoms with Gasteiger partial charge in [0.15, 0.2) is 0 Å². The molecule has 2 aromatic heterocycles. The summed E-state index contributed by atoms with van der Waals surface area (Å²) in [6, 6.07) is 11.8. The summed E-state index contributed by atoms with van der Waals surface area (Å²) in [5, 5.41) is 1.11. The number of anilines is 1. The Labute approximate surface area is 105 Å². The number of rotatable bonds is 1. The fourth-order valence-corrected chi connectivity index (χ4v) is 2.13. The van der Waals surface area contributed by atoms with E-state index in [0.717, 1.165) is 27.8 Å². The number of aryl methyl sites for hydroxylation is 1. The average Bonchev–Trinajstić information content (AvgIpc) is 2.39. The molecule has 3 heteroatoms. The van der Waals surface area contributed by atoms with Gasteiger partial charge in [0, 0.05) is 29.0 Å². The summed E-state index contributed by atoms with van der Waals surface area (Å²) < 4.78 is 0. The van der Waals surface area contributed by atoms with Crippen LogP contribution in [0.4, 0.5) is 5.69 Å². The molecule has 0 atom stereocenters. The van der Waals surface area contributed by atoms with Crippen LogP contribution in [0.3, 0.4) is 0 Å². The number of hydrogen-bond donors (Lipinski definition) is 1. The van der Waals surface area contributed by atoms with Crippen molar-refractivity contribution in [3.8, 4) is 11.3 Å². The van der Waals surface area contributed by atoms with Crippen LogP contribution < -0.4 is 5.73 Å². The van der Waals surface area contributed by atoms with E-state index in [1.807, 2.05) is 18.3 Å². The van der Waals surface area contributed by atoms with Crippen molar-refractivity contribution in [2.24, 2.45) is 0 Å². The Morgan fingerprint density at radius 3 is 2.72 bits per heavy atom. The summed E-state index contributed by atoms with van der Waals surface area (Å²) >= 11 is 0. The molecule has 3 nitrogen and oxygen atoms in total. The van der Waals surface area contributed by atoms with Crippen LogP contribution in [0.5, 0.6) is 0 Å². The third-order valence-corrected chi connectivity index (χ3v) is 3.03. The quantitative estimate of drug-likeness (QED) is 0.704. The van der Waals surface area contributed by atoms with Gasteiger partial charge < -0.3 is 5.73 Å². The van der Waals surface area contributed by atoms with Crippen molar-refractivity contribution in [2.45, 2.75) is 6.92 Å². The minimum atomic E-state index is 0.720. The van der Waals surface area contributed by atoms with Gasteiger partial charge in [-0.25, -0.2) is 0 Å². The summed E-state index contributed by atoms with van der Waals surface area (Å²) in [6.07, 6.45) is 3.54. The van der Waals surface area contributed by atoms with Crippen LogP contribution in [0.15, 0.2) is 48.8 Å². The number of nitrogen functional groups attached to an aromatic ring is 1. The SMILES string of the molecule is Cc1ccc(-c2cc(N)ccn2)c2cccnc12. The van der Waals surface area contributed by atoms with E-state index in [1.165, 1.54) is 5.56 Å². The molecule has 88 valence electrons. The van der Waals surface area contributed by atoms with E-state index < -0.39 is 0 Å². The zero-order valence-corrected chi connectivity index (χ0v) is 10.1. The Kier molecular flexibility index (Phi) is 2.45. The van der Waals surface area contributed by atoms with Crippen LogP contribution in [0.2, 0.25) is 0 Å². The first-order chi connectivity index (χ1) is 8.75. The molecule has 0 saturated heterocycles. The molecule has 0 saturated carbocycles. The monoisotopic (exact) mass is 235 g/mol. The van der Waals surface area contributed by atoms with Crippen LogP contribution in [0.25, 0.3) is 22.2 Å². The van der Waals surface area contributed by atoms with Crippen LogP contribution >= 0.6 is 0 Å². The van der Waals surface area contributed by atoms with Crippen molar-refractivity contribution in [3.63, 3.8) is 0 Å². The fraction of sp³-hybridized carbons (Fsp3) is 0.0667. The van der Waals surface area contributed by atoms with Gasteiger partial charge in [0.25, 0.3) is 0 Å². The summed E-state index contributed by atoms with van der Waals surface area (Å²) in [4.78, 5) is 8.81. The van der Waals surface area contributed by atoms with E-state index in [9.17, 15) is 0 Å². The van der Waals surface area contributed by atoms with Crippen LogP contribution in [-0.2, 0) is 0 Å². The predicted octanol–water partition coefficient (Wildman–Crippen LogP) is 3.19. The first-order valence-electron chi connectivity index (χ1n) is 5.82. The van der Waals surface area contributed by atoms with Crippen molar-refractivity contribution in [1.82, 2.24) is 9.97 Å². The first-order valence-corrected chi connectivity index (χ1v) is 5.82. The highest BCUT2D eigenvalue weighted by Crippen LogP contribution is 2.28. The Morgan fingerprint density at radius 2 is 1.89 bits per heavy atom. The zero-order chi connectivity index (χ0) is 12.5. The van der Waals surface area contributed by atoms with Crippen molar-refractivity contribution < 1.29 is 0 Å². The molecule has 0 aliphatic heterocycles. The Balaban J connectivity index is 2.33. The second-order valence-corrected chi connectivity index (χ2v) is 4.30. The molecular weight excluding hydrogens is 222 g/mol. The lowest BCUT2D eigenvalue weighted by Crippen LogP contribution is -1.91. The molecule has 0 bridgehead atoms. The molecule has 1 aromatic carbocycles. The molecular formula is C15H13N3. The highest BCUT2D eigenvalue weighted by molar-refractivity contribution is 5.95. The number of aromatic nitrogens is 2. The number of pyridine rings is 2. The van der Waals surface area contributed by atoms with Gasteiger partial charge >= 0.3 is 0 Å². The maximum absolute atomic E-state index is 5.81. The molecule has 0 fully saturated rings. The maximum Gasteiger partial charge on any atom is 0.0737 e. The van der Waals surface area contributed by atoms with Gasteiger partial charge in [-0.2, -0.15) is 0 Å². The first kappa shape index (κ1) is 10.7. The predicted molar refractivity (Wildman–Crippen MR) is 74.1 cm³/mol. The van der Waals surface area contributed by atoms with E-state index in [-0.39, 0.29) is 0 Å². The lowest BCUT2D eigenvalue weighted by Gasteiger charge is -2.08. The van der Waals surface area contributed by atoms with E-state index in [2.05, 4.69) is 35.1 Å². The molecule has 0 aliphatic carbocycles. The lowest BCUT2D eigenvalue weighted by molar-refractivity contribution is 1.32. The van der Waals surface area contributed by atoms with Crippen LogP contribution in [0.1, 0.15) is 5.56 Å². The number of benzene rings is 1. The standard InChI is InChI=1S/C15H13N3/c1-10-4-5-12(13-3-2-7-18-15(10)13)14-9-11(16)6-8-17-14/h2-9H,1H3,(H2,16,17).